The molecule has 7 heteroatoms. The van der Waals surface area contributed by atoms with Crippen molar-refractivity contribution in [2.45, 2.75) is 70.3 Å². The predicted molar refractivity (Wildman–Crippen MR) is 111 cm³/mol. The first kappa shape index (κ1) is 21.2. The Balaban J connectivity index is 1.46. The highest BCUT2D eigenvalue weighted by atomic mass is 16.4. The molecule has 1 aliphatic rings. The lowest BCUT2D eigenvalue weighted by atomic mass is 9.90. The van der Waals surface area contributed by atoms with Crippen LogP contribution in [0.3, 0.4) is 0 Å². The molecule has 0 aliphatic carbocycles. The van der Waals surface area contributed by atoms with Gasteiger partial charge in [0.05, 0.1) is 12.5 Å². The molecule has 3 heterocycles. The second-order valence-corrected chi connectivity index (χ2v) is 7.83. The summed E-state index contributed by atoms with van der Waals surface area (Å²) in [6.07, 6.45) is 8.75. The Bertz CT molecular complexity index is 810. The number of carboxylic acid groups (broad SMARTS) is 1. The van der Waals surface area contributed by atoms with E-state index in [1.54, 1.807) is 19.3 Å². The van der Waals surface area contributed by atoms with Crippen molar-refractivity contribution < 1.29 is 15.0 Å². The zero-order chi connectivity index (χ0) is 20.6. The van der Waals surface area contributed by atoms with Crippen LogP contribution >= 0.6 is 0 Å². The fourth-order valence-corrected chi connectivity index (χ4v) is 3.80. The van der Waals surface area contributed by atoms with Gasteiger partial charge in [0, 0.05) is 24.6 Å². The van der Waals surface area contributed by atoms with Crippen molar-refractivity contribution >= 4 is 11.8 Å². The molecule has 0 aromatic carbocycles. The fraction of sp³-hybridized carbons (Fsp3) is 0.545. The lowest BCUT2D eigenvalue weighted by molar-refractivity contribution is -0.137. The molecule has 156 valence electrons. The highest BCUT2D eigenvalue weighted by Crippen LogP contribution is 2.26. The van der Waals surface area contributed by atoms with Crippen LogP contribution in [0.25, 0.3) is 0 Å². The van der Waals surface area contributed by atoms with Gasteiger partial charge in [-0.1, -0.05) is 12.5 Å². The van der Waals surface area contributed by atoms with Gasteiger partial charge in [-0.3, -0.25) is 4.79 Å². The van der Waals surface area contributed by atoms with Crippen LogP contribution < -0.4 is 5.32 Å². The van der Waals surface area contributed by atoms with Crippen molar-refractivity contribution in [3.63, 3.8) is 0 Å². The number of hydrogen-bond acceptors (Lipinski definition) is 6. The Morgan fingerprint density at radius 1 is 1.24 bits per heavy atom. The molecule has 2 atom stereocenters. The van der Waals surface area contributed by atoms with E-state index < -0.39 is 12.1 Å². The van der Waals surface area contributed by atoms with E-state index >= 15 is 0 Å². The van der Waals surface area contributed by atoms with Crippen LogP contribution in [-0.4, -0.2) is 43.8 Å². The number of hydrogen-bond donors (Lipinski definition) is 3. The number of aliphatic carboxylic acids is 1. The SMILES string of the molecule is Cc1ncc([C@H](CC(=O)O)CC(O)CCCCc2ccc3c(n2)NCCC3)cn1. The number of unbranched alkanes of at least 4 members (excludes halogenated alkanes) is 1. The molecule has 0 fully saturated rings. The summed E-state index contributed by atoms with van der Waals surface area (Å²) in [6.45, 7) is 2.78. The van der Waals surface area contributed by atoms with E-state index in [0.717, 1.165) is 55.7 Å². The molecule has 0 radical (unpaired) electrons. The molecule has 1 unspecified atom stereocenters. The second-order valence-electron chi connectivity index (χ2n) is 7.83. The third-order valence-corrected chi connectivity index (χ3v) is 5.42. The van der Waals surface area contributed by atoms with Crippen molar-refractivity contribution in [1.29, 1.82) is 0 Å². The molecular weight excluding hydrogens is 368 g/mol. The van der Waals surface area contributed by atoms with Crippen molar-refractivity contribution in [3.05, 3.63) is 47.2 Å². The zero-order valence-corrected chi connectivity index (χ0v) is 17.0. The first-order chi connectivity index (χ1) is 14.0. The monoisotopic (exact) mass is 398 g/mol. The lowest BCUT2D eigenvalue weighted by Crippen LogP contribution is -2.16. The predicted octanol–water partition coefficient (Wildman–Crippen LogP) is 3.26. The van der Waals surface area contributed by atoms with Crippen molar-refractivity contribution in [3.8, 4) is 0 Å². The number of fused-ring (bicyclic) bond motifs is 1. The maximum absolute atomic E-state index is 11.2. The molecule has 0 saturated heterocycles. The van der Waals surface area contributed by atoms with E-state index in [9.17, 15) is 15.0 Å². The number of aliphatic hydroxyl groups excluding tert-OH is 1. The number of aryl methyl sites for hydroxylation is 3. The molecule has 7 nitrogen and oxygen atoms in total. The van der Waals surface area contributed by atoms with Crippen LogP contribution in [0, 0.1) is 6.92 Å². The van der Waals surface area contributed by atoms with Crippen LogP contribution in [0.4, 0.5) is 5.82 Å². The minimum atomic E-state index is -0.880. The summed E-state index contributed by atoms with van der Waals surface area (Å²) >= 11 is 0. The Labute approximate surface area is 171 Å². The molecule has 2 aromatic rings. The number of nitrogens with zero attached hydrogens (tertiary/aromatic N) is 3. The van der Waals surface area contributed by atoms with Gasteiger partial charge in [-0.05, 0) is 68.6 Å². The minimum Gasteiger partial charge on any atom is -0.481 e. The summed E-state index contributed by atoms with van der Waals surface area (Å²) in [5.41, 5.74) is 3.14. The van der Waals surface area contributed by atoms with Crippen LogP contribution in [0.1, 0.15) is 67.1 Å². The van der Waals surface area contributed by atoms with Gasteiger partial charge in [-0.2, -0.15) is 0 Å². The van der Waals surface area contributed by atoms with Crippen LogP contribution in [-0.2, 0) is 17.6 Å². The van der Waals surface area contributed by atoms with Gasteiger partial charge in [0.2, 0.25) is 0 Å². The quantitative estimate of drug-likeness (QED) is 0.527. The Morgan fingerprint density at radius 2 is 2.03 bits per heavy atom. The summed E-state index contributed by atoms with van der Waals surface area (Å²) in [4.78, 5) is 24.2. The van der Waals surface area contributed by atoms with E-state index in [-0.39, 0.29) is 12.3 Å². The van der Waals surface area contributed by atoms with Gasteiger partial charge in [0.1, 0.15) is 11.6 Å². The highest BCUT2D eigenvalue weighted by Gasteiger charge is 2.20. The molecule has 0 amide bonds. The Kier molecular flexibility index (Phi) is 7.52. The minimum absolute atomic E-state index is 0.0322. The van der Waals surface area contributed by atoms with Crippen LogP contribution in [0.2, 0.25) is 0 Å². The first-order valence-electron chi connectivity index (χ1n) is 10.4. The molecule has 0 saturated carbocycles. The average molecular weight is 399 g/mol. The van der Waals surface area contributed by atoms with E-state index in [4.69, 9.17) is 4.98 Å². The number of carbonyl (C=O) groups is 1. The highest BCUT2D eigenvalue weighted by molar-refractivity contribution is 5.68. The van der Waals surface area contributed by atoms with Gasteiger partial charge in [-0.25, -0.2) is 15.0 Å². The molecule has 29 heavy (non-hydrogen) atoms. The maximum Gasteiger partial charge on any atom is 0.303 e. The summed E-state index contributed by atoms with van der Waals surface area (Å²) in [6, 6.07) is 4.27. The third-order valence-electron chi connectivity index (χ3n) is 5.42. The van der Waals surface area contributed by atoms with E-state index in [0.29, 0.717) is 18.7 Å². The summed E-state index contributed by atoms with van der Waals surface area (Å²) in [5.74, 6) is 0.506. The smallest absolute Gasteiger partial charge is 0.303 e. The molecule has 2 aromatic heterocycles. The fourth-order valence-electron chi connectivity index (χ4n) is 3.80. The number of carboxylic acids is 1. The number of rotatable bonds is 10. The summed E-state index contributed by atoms with van der Waals surface area (Å²) in [5, 5.41) is 23.0. The van der Waals surface area contributed by atoms with Crippen LogP contribution in [0.5, 0.6) is 0 Å². The average Bonchev–Trinajstić information content (AvgIpc) is 2.71. The number of pyridine rings is 1. The van der Waals surface area contributed by atoms with E-state index in [1.807, 2.05) is 0 Å². The number of aliphatic hydroxyl groups is 1. The number of nitrogens with one attached hydrogen (secondary N) is 1. The molecule has 0 spiro atoms. The standard InChI is InChI=1S/C22H30N4O3/c1-15-24-13-18(14-25-15)17(12-21(28)29)11-20(27)7-3-2-6-19-9-8-16-5-4-10-23-22(16)26-19/h8-9,13-14,17,20,27H,2-7,10-12H2,1H3,(H,23,26)(H,28,29)/t17-,20?/m0/s1. The number of anilines is 1. The van der Waals surface area contributed by atoms with E-state index in [1.165, 1.54) is 5.56 Å². The van der Waals surface area contributed by atoms with Gasteiger partial charge >= 0.3 is 5.97 Å². The zero-order valence-electron chi connectivity index (χ0n) is 17.0. The molecule has 3 N–H and O–H groups in total. The maximum atomic E-state index is 11.2. The summed E-state index contributed by atoms with van der Waals surface area (Å²) in [7, 11) is 0. The van der Waals surface area contributed by atoms with Crippen LogP contribution in [0.15, 0.2) is 24.5 Å². The topological polar surface area (TPSA) is 108 Å². The summed E-state index contributed by atoms with van der Waals surface area (Å²) < 4.78 is 0. The molecule has 3 rings (SSSR count). The first-order valence-corrected chi connectivity index (χ1v) is 10.4. The number of aromatic nitrogens is 3. The molecular formula is C22H30N4O3. The molecule has 0 bridgehead atoms. The lowest BCUT2D eigenvalue weighted by Gasteiger charge is -2.19. The van der Waals surface area contributed by atoms with Crippen molar-refractivity contribution in [1.82, 2.24) is 15.0 Å². The normalized spacial score (nSPS) is 15.2. The van der Waals surface area contributed by atoms with Crippen molar-refractivity contribution in [2.24, 2.45) is 0 Å². The Hall–Kier alpha value is -2.54. The van der Waals surface area contributed by atoms with Crippen molar-refractivity contribution in [2.75, 3.05) is 11.9 Å². The Morgan fingerprint density at radius 3 is 2.79 bits per heavy atom. The van der Waals surface area contributed by atoms with E-state index in [2.05, 4.69) is 27.4 Å². The van der Waals surface area contributed by atoms with Gasteiger partial charge < -0.3 is 15.5 Å². The largest absolute Gasteiger partial charge is 0.481 e. The van der Waals surface area contributed by atoms with Gasteiger partial charge in [-0.15, -0.1) is 0 Å². The van der Waals surface area contributed by atoms with Gasteiger partial charge in [0.25, 0.3) is 0 Å². The van der Waals surface area contributed by atoms with Gasteiger partial charge in [0.15, 0.2) is 0 Å². The molecule has 1 aliphatic heterocycles. The third kappa shape index (κ3) is 6.49. The second kappa shape index (κ2) is 10.3.